The summed E-state index contributed by atoms with van der Waals surface area (Å²) in [5.74, 6) is 0.600. The molecule has 8 nitrogen and oxygen atoms in total. The largest absolute Gasteiger partial charge is 0.414 e. The van der Waals surface area contributed by atoms with E-state index >= 15 is 0 Å². The second kappa shape index (κ2) is 9.52. The third-order valence-electron chi connectivity index (χ3n) is 5.32. The number of sulfone groups is 1. The molecular weight excluding hydrogens is 474 g/mol. The van der Waals surface area contributed by atoms with Gasteiger partial charge in [-0.15, -0.1) is 10.2 Å². The monoisotopic (exact) mass is 497 g/mol. The first-order chi connectivity index (χ1) is 16.2. The van der Waals surface area contributed by atoms with Gasteiger partial charge >= 0.3 is 0 Å². The first kappa shape index (κ1) is 23.8. The second-order valence-corrected chi connectivity index (χ2v) is 11.0. The Labute approximate surface area is 203 Å². The summed E-state index contributed by atoms with van der Waals surface area (Å²) < 4.78 is 30.8. The van der Waals surface area contributed by atoms with Crippen LogP contribution in [0.4, 0.5) is 5.82 Å². The summed E-state index contributed by atoms with van der Waals surface area (Å²) >= 11 is 6.31. The van der Waals surface area contributed by atoms with Crippen LogP contribution in [0, 0.1) is 0 Å². The number of hydrogen-bond donors (Lipinski definition) is 1. The van der Waals surface area contributed by atoms with Gasteiger partial charge in [-0.25, -0.2) is 18.4 Å². The van der Waals surface area contributed by atoms with E-state index < -0.39 is 15.1 Å². The minimum atomic E-state index is -3.52. The number of rotatable bonds is 7. The van der Waals surface area contributed by atoms with Gasteiger partial charge in [-0.2, -0.15) is 0 Å². The second-order valence-electron chi connectivity index (χ2n) is 8.09. The fraction of sp³-hybridized carbons (Fsp3) is 0.250. The maximum Gasteiger partial charge on any atom is 0.270 e. The Morgan fingerprint density at radius 1 is 1.03 bits per heavy atom. The molecule has 0 amide bonds. The van der Waals surface area contributed by atoms with E-state index in [0.29, 0.717) is 17.1 Å². The van der Waals surface area contributed by atoms with Crippen LogP contribution in [-0.2, 0) is 16.3 Å². The Morgan fingerprint density at radius 3 is 2.35 bits per heavy atom. The predicted molar refractivity (Wildman–Crippen MR) is 132 cm³/mol. The van der Waals surface area contributed by atoms with Gasteiger partial charge in [-0.3, -0.25) is 0 Å². The van der Waals surface area contributed by atoms with Crippen molar-refractivity contribution in [3.8, 4) is 34.3 Å². The van der Waals surface area contributed by atoms with E-state index in [2.05, 4.69) is 27.1 Å². The number of hydrogen-bond acceptors (Lipinski definition) is 8. The van der Waals surface area contributed by atoms with E-state index in [0.717, 1.165) is 18.4 Å². The Morgan fingerprint density at radius 2 is 1.71 bits per heavy atom. The molecule has 4 aromatic rings. The average Bonchev–Trinajstić information content (AvgIpc) is 3.30. The van der Waals surface area contributed by atoms with Crippen molar-refractivity contribution in [1.29, 1.82) is 0 Å². The van der Waals surface area contributed by atoms with E-state index in [1.807, 2.05) is 24.3 Å². The smallest absolute Gasteiger partial charge is 0.270 e. The number of anilines is 1. The number of nitrogen functional groups attached to an aromatic ring is 1. The Kier molecular flexibility index (Phi) is 6.67. The van der Waals surface area contributed by atoms with Gasteiger partial charge in [0.05, 0.1) is 27.1 Å². The van der Waals surface area contributed by atoms with Gasteiger partial charge < -0.3 is 10.2 Å². The maximum atomic E-state index is 12.5. The van der Waals surface area contributed by atoms with Gasteiger partial charge in [0.2, 0.25) is 5.89 Å². The van der Waals surface area contributed by atoms with Crippen molar-refractivity contribution in [2.24, 2.45) is 0 Å². The fourth-order valence-electron chi connectivity index (χ4n) is 3.38. The number of nitrogens with two attached hydrogens (primary N) is 1. The summed E-state index contributed by atoms with van der Waals surface area (Å²) in [4.78, 5) is 8.81. The molecule has 0 bridgehead atoms. The van der Waals surface area contributed by atoms with Crippen molar-refractivity contribution in [2.45, 2.75) is 43.8 Å². The van der Waals surface area contributed by atoms with Crippen LogP contribution in [0.15, 0.2) is 58.0 Å². The molecule has 176 valence electrons. The lowest BCUT2D eigenvalue weighted by atomic mass is 10.1. The molecule has 0 spiro atoms. The molecule has 2 aromatic heterocycles. The summed E-state index contributed by atoms with van der Waals surface area (Å²) in [7, 11) is -3.52. The first-order valence-corrected chi connectivity index (χ1v) is 12.7. The number of aromatic nitrogens is 4. The summed E-state index contributed by atoms with van der Waals surface area (Å²) in [6, 6.07) is 12.6. The highest BCUT2D eigenvalue weighted by atomic mass is 35.5. The van der Waals surface area contributed by atoms with E-state index in [-0.39, 0.29) is 27.3 Å². The Bertz CT molecular complexity index is 1430. The van der Waals surface area contributed by atoms with Crippen LogP contribution >= 0.6 is 11.6 Å². The molecular formula is C24H24ClN5O3S. The summed E-state index contributed by atoms with van der Waals surface area (Å²) in [6.07, 6.45) is 3.55. The zero-order valence-electron chi connectivity index (χ0n) is 19.0. The lowest BCUT2D eigenvalue weighted by Gasteiger charge is -2.11. The molecule has 2 heterocycles. The topological polar surface area (TPSA) is 125 Å². The normalized spacial score (nSPS) is 11.8. The molecule has 0 unspecified atom stereocenters. The van der Waals surface area contributed by atoms with Crippen molar-refractivity contribution < 1.29 is 12.8 Å². The van der Waals surface area contributed by atoms with Crippen LogP contribution in [0.1, 0.15) is 32.8 Å². The predicted octanol–water partition coefficient (Wildman–Crippen LogP) is 5.23. The van der Waals surface area contributed by atoms with Crippen molar-refractivity contribution in [1.82, 2.24) is 20.2 Å². The third kappa shape index (κ3) is 4.67. The maximum absolute atomic E-state index is 12.5. The highest BCUT2D eigenvalue weighted by Crippen LogP contribution is 2.32. The summed E-state index contributed by atoms with van der Waals surface area (Å²) in [5, 5.41) is 7.74. The van der Waals surface area contributed by atoms with Crippen molar-refractivity contribution in [3.63, 3.8) is 0 Å². The zero-order valence-corrected chi connectivity index (χ0v) is 20.6. The number of nitrogens with zero attached hydrogens (tertiary/aromatic N) is 4. The van der Waals surface area contributed by atoms with Crippen molar-refractivity contribution >= 4 is 27.3 Å². The zero-order chi connectivity index (χ0) is 24.5. The van der Waals surface area contributed by atoms with Crippen molar-refractivity contribution in [2.75, 3.05) is 5.73 Å². The van der Waals surface area contributed by atoms with E-state index in [1.54, 1.807) is 19.9 Å². The number of aryl methyl sites for hydroxylation is 1. The molecule has 10 heteroatoms. The van der Waals surface area contributed by atoms with Gasteiger partial charge in [-0.05, 0) is 50.1 Å². The minimum absolute atomic E-state index is 0.0723. The highest BCUT2D eigenvalue weighted by molar-refractivity contribution is 7.92. The number of benzene rings is 2. The van der Waals surface area contributed by atoms with Crippen LogP contribution in [0.25, 0.3) is 34.3 Å². The van der Waals surface area contributed by atoms with Gasteiger partial charge in [0, 0.05) is 11.1 Å². The molecule has 0 saturated carbocycles. The molecule has 0 aliphatic heterocycles. The molecule has 4 rings (SSSR count). The lowest BCUT2D eigenvalue weighted by Crippen LogP contribution is -2.14. The van der Waals surface area contributed by atoms with Gasteiger partial charge in [0.15, 0.2) is 21.3 Å². The highest BCUT2D eigenvalue weighted by Gasteiger charge is 2.23. The SMILES string of the molecule is CCCc1ccc(-c2nnc(-c3nc(-c4ccc(S(=O)(=O)C(C)C)c(Cl)c4)cnc3N)o2)cc1. The molecule has 0 atom stereocenters. The molecule has 0 saturated heterocycles. The summed E-state index contributed by atoms with van der Waals surface area (Å²) in [5.41, 5.74) is 9.30. The van der Waals surface area contributed by atoms with E-state index in [1.165, 1.54) is 23.9 Å². The molecule has 34 heavy (non-hydrogen) atoms. The quantitative estimate of drug-likeness (QED) is 0.368. The fourth-order valence-corrected chi connectivity index (χ4v) is 4.98. The Hall–Kier alpha value is -3.30. The van der Waals surface area contributed by atoms with Crippen LogP contribution < -0.4 is 5.73 Å². The molecule has 0 fully saturated rings. The van der Waals surface area contributed by atoms with E-state index in [9.17, 15) is 8.42 Å². The minimum Gasteiger partial charge on any atom is -0.414 e. The third-order valence-corrected chi connectivity index (χ3v) is 7.96. The first-order valence-electron chi connectivity index (χ1n) is 10.8. The van der Waals surface area contributed by atoms with Crippen LogP contribution in [0.3, 0.4) is 0 Å². The summed E-state index contributed by atoms with van der Waals surface area (Å²) in [6.45, 7) is 5.35. The van der Waals surface area contributed by atoms with Crippen molar-refractivity contribution in [3.05, 3.63) is 59.2 Å². The van der Waals surface area contributed by atoms with Gasteiger partial charge in [0.25, 0.3) is 5.89 Å². The molecule has 0 radical (unpaired) electrons. The van der Waals surface area contributed by atoms with E-state index in [4.69, 9.17) is 21.8 Å². The standard InChI is InChI=1S/C24H24ClN5O3S/c1-4-5-15-6-8-16(9-7-15)23-29-30-24(33-23)21-22(26)27-13-19(28-21)17-10-11-20(18(25)12-17)34(31,32)14(2)3/h6-14H,4-5H2,1-3H3,(H2,26,27). The molecule has 2 aromatic carbocycles. The van der Waals surface area contributed by atoms with Crippen LogP contribution in [0.2, 0.25) is 5.02 Å². The van der Waals surface area contributed by atoms with Gasteiger partial charge in [0.1, 0.15) is 0 Å². The lowest BCUT2D eigenvalue weighted by molar-refractivity contribution is 0.582. The van der Waals surface area contributed by atoms with Gasteiger partial charge in [-0.1, -0.05) is 43.1 Å². The average molecular weight is 498 g/mol. The van der Waals surface area contributed by atoms with Crippen LogP contribution in [0.5, 0.6) is 0 Å². The molecule has 0 aliphatic rings. The van der Waals surface area contributed by atoms with Crippen LogP contribution in [-0.4, -0.2) is 33.8 Å². The number of halogens is 1. The molecule has 0 aliphatic carbocycles. The molecule has 2 N–H and O–H groups in total. The Balaban J connectivity index is 1.67.